The lowest BCUT2D eigenvalue weighted by Gasteiger charge is -2.07. The molecule has 0 amide bonds. The summed E-state index contributed by atoms with van der Waals surface area (Å²) < 4.78 is 5.54. The fourth-order valence-corrected chi connectivity index (χ4v) is 1.76. The Kier molecular flexibility index (Phi) is 2.97. The summed E-state index contributed by atoms with van der Waals surface area (Å²) in [7, 11) is 0. The van der Waals surface area contributed by atoms with Gasteiger partial charge in [-0.05, 0) is 18.8 Å². The van der Waals surface area contributed by atoms with E-state index in [1.165, 1.54) is 12.8 Å². The van der Waals surface area contributed by atoms with Crippen LogP contribution in [0.1, 0.15) is 12.8 Å². The zero-order valence-corrected chi connectivity index (χ0v) is 10.0. The van der Waals surface area contributed by atoms with E-state index in [0.29, 0.717) is 24.6 Å². The van der Waals surface area contributed by atoms with Gasteiger partial charge in [-0.2, -0.15) is 15.1 Å². The number of aromatic nitrogens is 4. The molecule has 0 bridgehead atoms. The number of rotatable bonds is 6. The Morgan fingerprint density at radius 3 is 3.17 bits per heavy atom. The van der Waals surface area contributed by atoms with Crippen LogP contribution in [0.4, 0.5) is 11.8 Å². The number of nitrogens with two attached hydrogens (primary N) is 1. The molecule has 0 atom stereocenters. The summed E-state index contributed by atoms with van der Waals surface area (Å²) in [5, 5.41) is 10.7. The second kappa shape index (κ2) is 4.77. The summed E-state index contributed by atoms with van der Waals surface area (Å²) in [5.41, 5.74) is 6.26. The highest BCUT2D eigenvalue weighted by Gasteiger charge is 2.20. The summed E-state index contributed by atoms with van der Waals surface area (Å²) in [6.07, 6.45) is 4.30. The number of hydrogen-bond acceptors (Lipinski definition) is 6. The Morgan fingerprint density at radius 2 is 2.33 bits per heavy atom. The second-order valence-electron chi connectivity index (χ2n) is 4.51. The highest BCUT2D eigenvalue weighted by atomic mass is 16.5. The molecule has 1 saturated carbocycles. The van der Waals surface area contributed by atoms with Gasteiger partial charge in [0.25, 0.3) is 0 Å². The minimum atomic E-state index is 0.230. The number of nitrogens with zero attached hydrogens (tertiary/aromatic N) is 3. The summed E-state index contributed by atoms with van der Waals surface area (Å²) >= 11 is 0. The molecule has 2 aromatic rings. The molecule has 7 heteroatoms. The van der Waals surface area contributed by atoms with Gasteiger partial charge in [0, 0.05) is 13.2 Å². The quantitative estimate of drug-likeness (QED) is 0.653. The molecule has 1 aliphatic rings. The third-order valence-electron chi connectivity index (χ3n) is 2.92. The molecule has 0 spiro atoms. The fraction of sp³-hybridized carbons (Fsp3) is 0.545. The minimum absolute atomic E-state index is 0.230. The van der Waals surface area contributed by atoms with Crippen molar-refractivity contribution in [3.63, 3.8) is 0 Å². The molecule has 0 radical (unpaired) electrons. The second-order valence-corrected chi connectivity index (χ2v) is 4.51. The van der Waals surface area contributed by atoms with Crippen LogP contribution in [0.15, 0.2) is 6.20 Å². The lowest BCUT2D eigenvalue weighted by Crippen LogP contribution is -2.12. The number of hydrogen-bond donors (Lipinski definition) is 3. The van der Waals surface area contributed by atoms with Gasteiger partial charge in [-0.15, -0.1) is 0 Å². The van der Waals surface area contributed by atoms with Crippen molar-refractivity contribution in [2.24, 2.45) is 5.92 Å². The molecular weight excluding hydrogens is 232 g/mol. The normalized spacial score (nSPS) is 15.1. The van der Waals surface area contributed by atoms with Gasteiger partial charge in [0.2, 0.25) is 5.95 Å². The predicted molar refractivity (Wildman–Crippen MR) is 68.1 cm³/mol. The largest absolute Gasteiger partial charge is 0.379 e. The van der Waals surface area contributed by atoms with Crippen molar-refractivity contribution in [3.05, 3.63) is 6.20 Å². The van der Waals surface area contributed by atoms with Crippen molar-refractivity contribution in [1.29, 1.82) is 0 Å². The van der Waals surface area contributed by atoms with E-state index in [4.69, 9.17) is 10.5 Å². The van der Waals surface area contributed by atoms with Gasteiger partial charge < -0.3 is 15.8 Å². The smallest absolute Gasteiger partial charge is 0.224 e. The van der Waals surface area contributed by atoms with Crippen LogP contribution in [0.2, 0.25) is 0 Å². The summed E-state index contributed by atoms with van der Waals surface area (Å²) in [6.45, 7) is 2.23. The summed E-state index contributed by atoms with van der Waals surface area (Å²) in [5.74, 6) is 1.72. The van der Waals surface area contributed by atoms with Crippen molar-refractivity contribution in [2.75, 3.05) is 30.8 Å². The Bertz CT molecular complexity index is 535. The number of anilines is 2. The number of nitrogens with one attached hydrogen (secondary N) is 2. The maximum atomic E-state index is 5.62. The topological polar surface area (TPSA) is 102 Å². The first-order valence-electron chi connectivity index (χ1n) is 6.11. The van der Waals surface area contributed by atoms with Gasteiger partial charge in [-0.1, -0.05) is 0 Å². The molecule has 1 fully saturated rings. The minimum Gasteiger partial charge on any atom is -0.379 e. The zero-order valence-electron chi connectivity index (χ0n) is 10.0. The Labute approximate surface area is 104 Å². The number of ether oxygens (including phenoxy) is 1. The fourth-order valence-electron chi connectivity index (χ4n) is 1.76. The van der Waals surface area contributed by atoms with E-state index >= 15 is 0 Å². The van der Waals surface area contributed by atoms with Crippen molar-refractivity contribution in [1.82, 2.24) is 20.2 Å². The molecule has 0 saturated heterocycles. The van der Waals surface area contributed by atoms with E-state index < -0.39 is 0 Å². The van der Waals surface area contributed by atoms with Gasteiger partial charge in [0.15, 0.2) is 5.65 Å². The molecule has 96 valence electrons. The van der Waals surface area contributed by atoms with Crippen LogP contribution in [0.25, 0.3) is 11.0 Å². The first-order valence-corrected chi connectivity index (χ1v) is 6.11. The first-order chi connectivity index (χ1) is 8.83. The van der Waals surface area contributed by atoms with Crippen LogP contribution in [0.3, 0.4) is 0 Å². The van der Waals surface area contributed by atoms with E-state index in [-0.39, 0.29) is 5.95 Å². The molecule has 7 nitrogen and oxygen atoms in total. The molecule has 4 N–H and O–H groups in total. The molecule has 18 heavy (non-hydrogen) atoms. The molecule has 2 aromatic heterocycles. The molecule has 0 aliphatic heterocycles. The molecule has 2 heterocycles. The van der Waals surface area contributed by atoms with Crippen LogP contribution in [-0.4, -0.2) is 39.9 Å². The van der Waals surface area contributed by atoms with E-state index in [9.17, 15) is 0 Å². The predicted octanol–water partition coefficient (Wildman–Crippen LogP) is 0.774. The lowest BCUT2D eigenvalue weighted by atomic mass is 10.4. The summed E-state index contributed by atoms with van der Waals surface area (Å²) in [4.78, 5) is 8.21. The van der Waals surface area contributed by atoms with Crippen LogP contribution in [0.5, 0.6) is 0 Å². The summed E-state index contributed by atoms with van der Waals surface area (Å²) in [6, 6.07) is 0. The molecule has 1 aliphatic carbocycles. The molecule has 0 unspecified atom stereocenters. The Morgan fingerprint density at radius 1 is 1.44 bits per heavy atom. The van der Waals surface area contributed by atoms with Gasteiger partial charge in [0.1, 0.15) is 5.82 Å². The van der Waals surface area contributed by atoms with E-state index in [0.717, 1.165) is 17.9 Å². The molecule has 3 rings (SSSR count). The molecular formula is C11H16N6O. The van der Waals surface area contributed by atoms with Crippen LogP contribution >= 0.6 is 0 Å². The average molecular weight is 248 g/mol. The SMILES string of the molecule is Nc1nc(NCCOCC2CC2)c2cn[nH]c2n1. The standard InChI is InChI=1S/C11H16N6O/c12-11-15-9(8-5-14-17-10(8)16-11)13-3-4-18-6-7-1-2-7/h5,7H,1-4,6H2,(H4,12,13,14,15,16,17). The maximum absolute atomic E-state index is 5.62. The monoisotopic (exact) mass is 248 g/mol. The number of aromatic amines is 1. The maximum Gasteiger partial charge on any atom is 0.224 e. The van der Waals surface area contributed by atoms with Gasteiger partial charge in [-0.3, -0.25) is 5.10 Å². The average Bonchev–Trinajstić information content (AvgIpc) is 3.05. The number of H-pyrrole nitrogens is 1. The highest BCUT2D eigenvalue weighted by molar-refractivity contribution is 5.86. The van der Waals surface area contributed by atoms with E-state index in [1.54, 1.807) is 6.20 Å². The van der Waals surface area contributed by atoms with Crippen molar-refractivity contribution >= 4 is 22.8 Å². The van der Waals surface area contributed by atoms with E-state index in [1.807, 2.05) is 0 Å². The van der Waals surface area contributed by atoms with Crippen LogP contribution in [0, 0.1) is 5.92 Å². The zero-order chi connectivity index (χ0) is 12.4. The third kappa shape index (κ3) is 2.51. The van der Waals surface area contributed by atoms with Crippen molar-refractivity contribution in [3.8, 4) is 0 Å². The van der Waals surface area contributed by atoms with Gasteiger partial charge in [-0.25, -0.2) is 0 Å². The van der Waals surface area contributed by atoms with Gasteiger partial charge >= 0.3 is 0 Å². The molecule has 0 aromatic carbocycles. The van der Waals surface area contributed by atoms with Crippen LogP contribution < -0.4 is 11.1 Å². The number of fused-ring (bicyclic) bond motifs is 1. The van der Waals surface area contributed by atoms with Gasteiger partial charge in [0.05, 0.1) is 18.2 Å². The highest BCUT2D eigenvalue weighted by Crippen LogP contribution is 2.28. The Balaban J connectivity index is 1.57. The van der Waals surface area contributed by atoms with Crippen molar-refractivity contribution in [2.45, 2.75) is 12.8 Å². The number of nitrogen functional groups attached to an aromatic ring is 1. The lowest BCUT2D eigenvalue weighted by molar-refractivity contribution is 0.134. The van der Waals surface area contributed by atoms with Crippen LogP contribution in [-0.2, 0) is 4.74 Å². The van der Waals surface area contributed by atoms with E-state index in [2.05, 4.69) is 25.5 Å². The third-order valence-corrected chi connectivity index (χ3v) is 2.92. The first kappa shape index (κ1) is 11.2. The van der Waals surface area contributed by atoms with Crippen molar-refractivity contribution < 1.29 is 4.74 Å². The Hall–Kier alpha value is -1.89.